The van der Waals surface area contributed by atoms with Crippen LogP contribution in [0.1, 0.15) is 21.5 Å². The van der Waals surface area contributed by atoms with Crippen molar-refractivity contribution in [2.75, 3.05) is 26.7 Å². The summed E-state index contributed by atoms with van der Waals surface area (Å²) >= 11 is 0. The van der Waals surface area contributed by atoms with E-state index in [1.165, 1.54) is 5.56 Å². The van der Waals surface area contributed by atoms with Gasteiger partial charge in [-0.15, -0.1) is 0 Å². The molecule has 2 aromatic carbocycles. The Morgan fingerprint density at radius 3 is 2.48 bits per heavy atom. The van der Waals surface area contributed by atoms with E-state index in [-0.39, 0.29) is 11.9 Å². The third kappa shape index (κ3) is 3.80. The molecule has 0 spiro atoms. The lowest BCUT2D eigenvalue weighted by atomic mass is 10.0. The molecule has 1 amide bonds. The monoisotopic (exact) mass is 307 g/mol. The van der Waals surface area contributed by atoms with Crippen molar-refractivity contribution in [2.45, 2.75) is 12.5 Å². The number of piperazine rings is 1. The summed E-state index contributed by atoms with van der Waals surface area (Å²) in [5.74, 6) is 0.124. The summed E-state index contributed by atoms with van der Waals surface area (Å²) in [6.45, 7) is 6.49. The van der Waals surface area contributed by atoms with Crippen molar-refractivity contribution in [3.63, 3.8) is 0 Å². The van der Waals surface area contributed by atoms with Gasteiger partial charge in [-0.25, -0.2) is 0 Å². The lowest BCUT2D eigenvalue weighted by Crippen LogP contribution is -2.54. The van der Waals surface area contributed by atoms with Crippen LogP contribution in [-0.4, -0.2) is 48.4 Å². The zero-order valence-electron chi connectivity index (χ0n) is 13.6. The highest BCUT2D eigenvalue weighted by molar-refractivity contribution is 5.94. The highest BCUT2D eigenvalue weighted by Crippen LogP contribution is 2.18. The minimum absolute atomic E-state index is 0.124. The molecule has 1 saturated heterocycles. The molecule has 0 N–H and O–H groups in total. The van der Waals surface area contributed by atoms with E-state index in [0.29, 0.717) is 0 Å². The first-order valence-corrected chi connectivity index (χ1v) is 8.09. The molecule has 0 saturated carbocycles. The Morgan fingerprint density at radius 2 is 1.78 bits per heavy atom. The second kappa shape index (κ2) is 6.97. The Hall–Kier alpha value is -2.13. The van der Waals surface area contributed by atoms with Crippen molar-refractivity contribution >= 4 is 5.91 Å². The van der Waals surface area contributed by atoms with Crippen molar-refractivity contribution in [3.8, 4) is 0 Å². The summed E-state index contributed by atoms with van der Waals surface area (Å²) in [5.41, 5.74) is 2.96. The third-order valence-electron chi connectivity index (χ3n) is 4.46. The van der Waals surface area contributed by atoms with E-state index in [9.17, 15) is 4.79 Å². The Bertz CT molecular complexity index is 651. The van der Waals surface area contributed by atoms with E-state index in [0.717, 1.165) is 37.2 Å². The number of rotatable bonds is 3. The van der Waals surface area contributed by atoms with Gasteiger partial charge in [-0.3, -0.25) is 4.79 Å². The molecule has 1 aliphatic rings. The fraction of sp³-hybridized carbons (Fsp3) is 0.300. The van der Waals surface area contributed by atoms with Crippen LogP contribution in [0.5, 0.6) is 0 Å². The molecule has 1 heterocycles. The quantitative estimate of drug-likeness (QED) is 0.870. The molecule has 1 atom stereocenters. The summed E-state index contributed by atoms with van der Waals surface area (Å²) in [6, 6.07) is 18.2. The molecular formula is C20H23N2O. The molecule has 3 nitrogen and oxygen atoms in total. The molecule has 1 aliphatic heterocycles. The van der Waals surface area contributed by atoms with Gasteiger partial charge >= 0.3 is 0 Å². The van der Waals surface area contributed by atoms with Crippen molar-refractivity contribution in [3.05, 3.63) is 78.2 Å². The maximum atomic E-state index is 12.9. The van der Waals surface area contributed by atoms with E-state index in [2.05, 4.69) is 43.1 Å². The first-order valence-electron chi connectivity index (χ1n) is 8.09. The predicted octanol–water partition coefficient (Wildman–Crippen LogP) is 2.87. The Morgan fingerprint density at radius 1 is 1.09 bits per heavy atom. The van der Waals surface area contributed by atoms with Gasteiger partial charge in [0.1, 0.15) is 0 Å². The van der Waals surface area contributed by atoms with E-state index < -0.39 is 0 Å². The zero-order chi connectivity index (χ0) is 16.2. The Kier molecular flexibility index (Phi) is 4.77. The van der Waals surface area contributed by atoms with Gasteiger partial charge in [-0.2, -0.15) is 0 Å². The minimum atomic E-state index is 0.124. The van der Waals surface area contributed by atoms with Crippen LogP contribution in [0.25, 0.3) is 0 Å². The van der Waals surface area contributed by atoms with Crippen LogP contribution in [-0.2, 0) is 6.42 Å². The lowest BCUT2D eigenvalue weighted by Gasteiger charge is -2.40. The molecule has 1 fully saturated rings. The van der Waals surface area contributed by atoms with Gasteiger partial charge in [0, 0.05) is 31.2 Å². The Balaban J connectivity index is 1.79. The number of amides is 1. The summed E-state index contributed by atoms with van der Waals surface area (Å²) in [5, 5.41) is 0. The van der Waals surface area contributed by atoms with Crippen molar-refractivity contribution in [1.82, 2.24) is 9.80 Å². The van der Waals surface area contributed by atoms with Gasteiger partial charge in [0.15, 0.2) is 0 Å². The second-order valence-electron chi connectivity index (χ2n) is 6.30. The largest absolute Gasteiger partial charge is 0.333 e. The summed E-state index contributed by atoms with van der Waals surface area (Å²) < 4.78 is 0. The van der Waals surface area contributed by atoms with E-state index in [4.69, 9.17) is 0 Å². The lowest BCUT2D eigenvalue weighted by molar-refractivity contribution is 0.0501. The normalized spacial score (nSPS) is 18.9. The summed E-state index contributed by atoms with van der Waals surface area (Å²) in [7, 11) is 2.12. The number of hydrogen-bond acceptors (Lipinski definition) is 2. The SMILES string of the molecule is [CH2]c1ccc(C(=O)N2CCN(C)CC2Cc2ccccc2)cc1. The van der Waals surface area contributed by atoms with Gasteiger partial charge in [-0.05, 0) is 43.7 Å². The fourth-order valence-electron chi connectivity index (χ4n) is 3.15. The minimum Gasteiger partial charge on any atom is -0.333 e. The van der Waals surface area contributed by atoms with Crippen molar-refractivity contribution < 1.29 is 4.79 Å². The van der Waals surface area contributed by atoms with E-state index in [1.807, 2.05) is 35.2 Å². The van der Waals surface area contributed by atoms with Gasteiger partial charge < -0.3 is 9.80 Å². The second-order valence-corrected chi connectivity index (χ2v) is 6.30. The van der Waals surface area contributed by atoms with Gasteiger partial charge in [0.25, 0.3) is 5.91 Å². The van der Waals surface area contributed by atoms with E-state index in [1.54, 1.807) is 0 Å². The van der Waals surface area contributed by atoms with Crippen molar-refractivity contribution in [1.29, 1.82) is 0 Å². The number of carbonyl (C=O) groups excluding carboxylic acids is 1. The molecule has 119 valence electrons. The average molecular weight is 307 g/mol. The molecule has 0 aromatic heterocycles. The standard InChI is InChI=1S/C20H23N2O/c1-16-8-10-18(11-9-16)20(23)22-13-12-21(2)15-19(22)14-17-6-4-3-5-7-17/h3-11,19H,1,12-15H2,2H3. The highest BCUT2D eigenvalue weighted by Gasteiger charge is 2.29. The van der Waals surface area contributed by atoms with E-state index >= 15 is 0 Å². The molecule has 23 heavy (non-hydrogen) atoms. The third-order valence-corrected chi connectivity index (χ3v) is 4.46. The average Bonchev–Trinajstić information content (AvgIpc) is 2.56. The summed E-state index contributed by atoms with van der Waals surface area (Å²) in [4.78, 5) is 17.2. The molecule has 0 aliphatic carbocycles. The molecule has 3 rings (SSSR count). The number of hydrogen-bond donors (Lipinski definition) is 0. The van der Waals surface area contributed by atoms with Crippen LogP contribution < -0.4 is 0 Å². The smallest absolute Gasteiger partial charge is 0.254 e. The van der Waals surface area contributed by atoms with Crippen LogP contribution in [0.15, 0.2) is 54.6 Å². The van der Waals surface area contributed by atoms with Crippen LogP contribution in [0.4, 0.5) is 0 Å². The van der Waals surface area contributed by atoms with Crippen LogP contribution in [0.2, 0.25) is 0 Å². The predicted molar refractivity (Wildman–Crippen MR) is 93.4 cm³/mol. The van der Waals surface area contributed by atoms with Crippen LogP contribution >= 0.6 is 0 Å². The maximum Gasteiger partial charge on any atom is 0.254 e. The number of nitrogens with zero attached hydrogens (tertiary/aromatic N) is 2. The van der Waals surface area contributed by atoms with Crippen molar-refractivity contribution in [2.24, 2.45) is 0 Å². The molecule has 1 unspecified atom stereocenters. The fourth-order valence-corrected chi connectivity index (χ4v) is 3.15. The first kappa shape index (κ1) is 15.8. The number of benzene rings is 2. The molecule has 0 bridgehead atoms. The van der Waals surface area contributed by atoms with Gasteiger partial charge in [0.2, 0.25) is 0 Å². The topological polar surface area (TPSA) is 23.6 Å². The maximum absolute atomic E-state index is 12.9. The van der Waals surface area contributed by atoms with Gasteiger partial charge in [0.05, 0.1) is 0 Å². The highest BCUT2D eigenvalue weighted by atomic mass is 16.2. The molecule has 1 radical (unpaired) electrons. The van der Waals surface area contributed by atoms with Gasteiger partial charge in [-0.1, -0.05) is 42.5 Å². The van der Waals surface area contributed by atoms with Crippen LogP contribution in [0, 0.1) is 6.92 Å². The van der Waals surface area contributed by atoms with Crippen LogP contribution in [0.3, 0.4) is 0 Å². The molecular weight excluding hydrogens is 284 g/mol. The molecule has 3 heteroatoms. The number of likely N-dealkylation sites (N-methyl/N-ethyl adjacent to an activating group) is 1. The summed E-state index contributed by atoms with van der Waals surface area (Å²) in [6.07, 6.45) is 0.893. The zero-order valence-corrected chi connectivity index (χ0v) is 13.6. The molecule has 2 aromatic rings. The Labute approximate surface area is 138 Å². The first-order chi connectivity index (χ1) is 11.1. The number of carbonyl (C=O) groups is 1.